The normalized spacial score (nSPS) is 14.4. The summed E-state index contributed by atoms with van der Waals surface area (Å²) in [6.07, 6.45) is 1.58. The molecule has 2 aromatic carbocycles. The lowest BCUT2D eigenvalue weighted by Crippen LogP contribution is -2.26. The molecule has 0 unspecified atom stereocenters. The Labute approximate surface area is 171 Å². The van der Waals surface area contributed by atoms with Gasteiger partial charge in [0.25, 0.3) is 10.0 Å². The van der Waals surface area contributed by atoms with E-state index in [1.54, 1.807) is 12.1 Å². The molecule has 1 fully saturated rings. The molecule has 0 saturated heterocycles. The Morgan fingerprint density at radius 2 is 1.48 bits per heavy atom. The van der Waals surface area contributed by atoms with E-state index in [2.05, 4.69) is 9.44 Å². The van der Waals surface area contributed by atoms with Crippen molar-refractivity contribution in [3.8, 4) is 11.5 Å². The zero-order valence-corrected chi connectivity index (χ0v) is 17.8. The van der Waals surface area contributed by atoms with Gasteiger partial charge in [-0.25, -0.2) is 21.6 Å². The molecule has 1 saturated carbocycles. The first-order valence-electron chi connectivity index (χ1n) is 9.30. The quantitative estimate of drug-likeness (QED) is 0.588. The van der Waals surface area contributed by atoms with E-state index >= 15 is 0 Å². The highest BCUT2D eigenvalue weighted by molar-refractivity contribution is 7.93. The molecule has 0 amide bonds. The lowest BCUT2D eigenvalue weighted by molar-refractivity contribution is 0.288. The van der Waals surface area contributed by atoms with Crippen molar-refractivity contribution in [2.24, 2.45) is 0 Å². The summed E-state index contributed by atoms with van der Waals surface area (Å²) in [6.45, 7) is 4.49. The second-order valence-corrected chi connectivity index (χ2v) is 9.90. The average Bonchev–Trinajstić information content (AvgIpc) is 3.47. The summed E-state index contributed by atoms with van der Waals surface area (Å²) in [7, 11) is -7.76. The van der Waals surface area contributed by atoms with Gasteiger partial charge in [0.15, 0.2) is 11.5 Å². The molecule has 0 aromatic heterocycles. The highest BCUT2D eigenvalue weighted by Gasteiger charge is 2.28. The van der Waals surface area contributed by atoms with Crippen LogP contribution in [0.4, 0.5) is 5.69 Å². The third kappa shape index (κ3) is 5.40. The predicted octanol–water partition coefficient (Wildman–Crippen LogP) is 2.73. The minimum atomic E-state index is -4.00. The Morgan fingerprint density at radius 3 is 2.10 bits per heavy atom. The number of hydrogen-bond donors (Lipinski definition) is 2. The number of nitrogens with one attached hydrogen (secondary N) is 2. The second kappa shape index (κ2) is 8.60. The third-order valence-electron chi connectivity index (χ3n) is 4.12. The van der Waals surface area contributed by atoms with Crippen LogP contribution in [0.1, 0.15) is 26.7 Å². The topological polar surface area (TPSA) is 111 Å². The van der Waals surface area contributed by atoms with Gasteiger partial charge in [-0.05, 0) is 57.0 Å². The van der Waals surface area contributed by atoms with E-state index in [-0.39, 0.29) is 21.5 Å². The van der Waals surface area contributed by atoms with Crippen LogP contribution in [0.25, 0.3) is 0 Å². The van der Waals surface area contributed by atoms with Crippen LogP contribution in [-0.4, -0.2) is 36.1 Å². The van der Waals surface area contributed by atoms with E-state index < -0.39 is 20.0 Å². The van der Waals surface area contributed by atoms with Crippen LogP contribution >= 0.6 is 0 Å². The first-order valence-corrected chi connectivity index (χ1v) is 12.3. The molecular formula is C19H24N2O6S2. The average molecular weight is 441 g/mol. The van der Waals surface area contributed by atoms with Crippen LogP contribution in [0.15, 0.2) is 52.3 Å². The minimum Gasteiger partial charge on any atom is -0.490 e. The van der Waals surface area contributed by atoms with Crippen molar-refractivity contribution in [1.29, 1.82) is 0 Å². The fourth-order valence-corrected chi connectivity index (χ4v) is 5.15. The van der Waals surface area contributed by atoms with Gasteiger partial charge in [-0.15, -0.1) is 0 Å². The summed E-state index contributed by atoms with van der Waals surface area (Å²) in [4.78, 5) is -0.239. The van der Waals surface area contributed by atoms with E-state index in [4.69, 9.17) is 9.47 Å². The molecule has 0 aliphatic heterocycles. The molecule has 0 atom stereocenters. The van der Waals surface area contributed by atoms with Gasteiger partial charge < -0.3 is 9.47 Å². The van der Waals surface area contributed by atoms with Gasteiger partial charge >= 0.3 is 0 Å². The molecule has 1 aliphatic carbocycles. The molecule has 29 heavy (non-hydrogen) atoms. The van der Waals surface area contributed by atoms with Crippen LogP contribution in [-0.2, 0) is 20.0 Å². The maximum Gasteiger partial charge on any atom is 0.261 e. The molecule has 8 nitrogen and oxygen atoms in total. The lowest BCUT2D eigenvalue weighted by atomic mass is 10.3. The van der Waals surface area contributed by atoms with Crippen LogP contribution in [0.3, 0.4) is 0 Å². The summed E-state index contributed by atoms with van der Waals surface area (Å²) in [5.41, 5.74) is 0.279. The third-order valence-corrected chi connectivity index (χ3v) is 7.02. The van der Waals surface area contributed by atoms with Gasteiger partial charge in [0.05, 0.1) is 28.7 Å². The van der Waals surface area contributed by atoms with Gasteiger partial charge in [-0.3, -0.25) is 4.72 Å². The Morgan fingerprint density at radius 1 is 0.862 bits per heavy atom. The summed E-state index contributed by atoms with van der Waals surface area (Å²) in [5, 5.41) is 0. The van der Waals surface area contributed by atoms with Crippen LogP contribution in [0.2, 0.25) is 0 Å². The van der Waals surface area contributed by atoms with E-state index in [9.17, 15) is 16.8 Å². The second-order valence-electron chi connectivity index (χ2n) is 6.50. The van der Waals surface area contributed by atoms with Gasteiger partial charge in [0.2, 0.25) is 10.0 Å². The highest BCUT2D eigenvalue weighted by atomic mass is 32.2. The van der Waals surface area contributed by atoms with Gasteiger partial charge in [0.1, 0.15) is 0 Å². The molecule has 2 aromatic rings. The SMILES string of the molecule is CCOc1ccc(NS(=O)(=O)c2cccc(S(=O)(=O)NC3CC3)c2)cc1OCC. The lowest BCUT2D eigenvalue weighted by Gasteiger charge is -2.14. The van der Waals surface area contributed by atoms with Crippen LogP contribution in [0.5, 0.6) is 11.5 Å². The van der Waals surface area contributed by atoms with E-state index in [1.807, 2.05) is 13.8 Å². The highest BCUT2D eigenvalue weighted by Crippen LogP contribution is 2.32. The standard InChI is InChI=1S/C19H24N2O6S2/c1-3-26-18-11-10-15(12-19(18)27-4-2)21-29(24,25)17-7-5-6-16(13-17)28(22,23)20-14-8-9-14/h5-7,10-14,20-21H,3-4,8-9H2,1-2H3. The first kappa shape index (κ1) is 21.4. The largest absolute Gasteiger partial charge is 0.490 e. The fourth-order valence-electron chi connectivity index (χ4n) is 2.63. The number of rotatable bonds is 10. The van der Waals surface area contributed by atoms with Gasteiger partial charge in [-0.2, -0.15) is 0 Å². The molecule has 3 rings (SSSR count). The van der Waals surface area contributed by atoms with Crippen molar-refractivity contribution in [3.05, 3.63) is 42.5 Å². The van der Waals surface area contributed by atoms with Crippen LogP contribution < -0.4 is 18.9 Å². The number of benzene rings is 2. The molecule has 2 N–H and O–H groups in total. The molecule has 0 spiro atoms. The number of sulfonamides is 2. The predicted molar refractivity (Wildman–Crippen MR) is 109 cm³/mol. The molecule has 0 radical (unpaired) electrons. The van der Waals surface area contributed by atoms with Crippen molar-refractivity contribution in [2.45, 2.75) is 42.5 Å². The smallest absolute Gasteiger partial charge is 0.261 e. The van der Waals surface area contributed by atoms with Gasteiger partial charge in [-0.1, -0.05) is 6.07 Å². The number of anilines is 1. The first-order chi connectivity index (χ1) is 13.7. The zero-order chi connectivity index (χ0) is 21.1. The monoisotopic (exact) mass is 440 g/mol. The summed E-state index contributed by atoms with van der Waals surface area (Å²) in [6, 6.07) is 9.89. The molecule has 1 aliphatic rings. The van der Waals surface area contributed by atoms with Crippen LogP contribution in [0, 0.1) is 0 Å². The molecule has 10 heteroatoms. The maximum absolute atomic E-state index is 12.8. The number of ether oxygens (including phenoxy) is 2. The Bertz CT molecular complexity index is 1080. The zero-order valence-electron chi connectivity index (χ0n) is 16.2. The van der Waals surface area contributed by atoms with Crippen molar-refractivity contribution >= 4 is 25.7 Å². The van der Waals surface area contributed by atoms with Crippen molar-refractivity contribution < 1.29 is 26.3 Å². The van der Waals surface area contributed by atoms with Crippen molar-refractivity contribution in [2.75, 3.05) is 17.9 Å². The maximum atomic E-state index is 12.8. The van der Waals surface area contributed by atoms with Crippen molar-refractivity contribution in [3.63, 3.8) is 0 Å². The van der Waals surface area contributed by atoms with E-state index in [0.717, 1.165) is 18.9 Å². The van der Waals surface area contributed by atoms with Crippen molar-refractivity contribution in [1.82, 2.24) is 4.72 Å². The Kier molecular flexibility index (Phi) is 6.35. The summed E-state index contributed by atoms with van der Waals surface area (Å²) < 4.78 is 66.3. The number of hydrogen-bond acceptors (Lipinski definition) is 6. The Balaban J connectivity index is 1.86. The molecule has 0 heterocycles. The molecule has 0 bridgehead atoms. The van der Waals surface area contributed by atoms with Gasteiger partial charge in [0, 0.05) is 12.1 Å². The molecule has 158 valence electrons. The van der Waals surface area contributed by atoms with E-state index in [0.29, 0.717) is 24.7 Å². The fraction of sp³-hybridized carbons (Fsp3) is 0.368. The Hall–Kier alpha value is -2.30. The summed E-state index contributed by atoms with van der Waals surface area (Å²) in [5.74, 6) is 0.927. The summed E-state index contributed by atoms with van der Waals surface area (Å²) >= 11 is 0. The molecular weight excluding hydrogens is 416 g/mol. The van der Waals surface area contributed by atoms with E-state index in [1.165, 1.54) is 24.3 Å². The minimum absolute atomic E-state index is 0.0702.